The Morgan fingerprint density at radius 3 is 1.37 bits per heavy atom. The molecule has 0 radical (unpaired) electrons. The molecule has 6 N–H and O–H groups in total. The Balaban J connectivity index is 2.05. The fourth-order valence-electron chi connectivity index (χ4n) is 9.26. The lowest BCUT2D eigenvalue weighted by atomic mass is 9.99. The van der Waals surface area contributed by atoms with Gasteiger partial charge in [0.05, 0.1) is 32.0 Å². The fourth-order valence-corrected chi connectivity index (χ4v) is 9.26. The highest BCUT2D eigenvalue weighted by molar-refractivity contribution is 5.76. The first-order valence-electron chi connectivity index (χ1n) is 29.0. The van der Waals surface area contributed by atoms with Gasteiger partial charge in [-0.3, -0.25) is 9.59 Å². The second kappa shape index (κ2) is 47.7. The molecule has 0 aromatic rings. The lowest BCUT2D eigenvalue weighted by Crippen LogP contribution is -2.60. The van der Waals surface area contributed by atoms with Crippen LogP contribution in [-0.2, 0) is 23.8 Å². The van der Waals surface area contributed by atoms with E-state index in [9.17, 15) is 35.1 Å². The molecule has 0 aromatic heterocycles. The minimum atomic E-state index is -1.57. The van der Waals surface area contributed by atoms with Crippen molar-refractivity contribution in [3.8, 4) is 0 Å². The van der Waals surface area contributed by atoms with E-state index in [-0.39, 0.29) is 18.5 Å². The van der Waals surface area contributed by atoms with Crippen LogP contribution in [0.25, 0.3) is 0 Å². The molecule has 1 aliphatic rings. The summed E-state index contributed by atoms with van der Waals surface area (Å²) in [6.45, 7) is 4.32. The average Bonchev–Trinajstić information content (AvgIpc) is 3.33. The van der Waals surface area contributed by atoms with E-state index in [0.29, 0.717) is 19.4 Å². The molecule has 68 heavy (non-hydrogen) atoms. The van der Waals surface area contributed by atoms with E-state index in [1.54, 1.807) is 6.08 Å². The summed E-state index contributed by atoms with van der Waals surface area (Å²) in [6.07, 6.45) is 44.5. The smallest absolute Gasteiger partial charge is 0.305 e. The number of allylic oxidation sites excluding steroid dienone is 1. The van der Waals surface area contributed by atoms with Crippen molar-refractivity contribution in [3.05, 3.63) is 12.2 Å². The molecule has 11 nitrogen and oxygen atoms in total. The third-order valence-corrected chi connectivity index (χ3v) is 13.9. The minimum absolute atomic E-state index is 0.00588. The normalized spacial score (nSPS) is 19.4. The van der Waals surface area contributed by atoms with Crippen molar-refractivity contribution in [2.24, 2.45) is 0 Å². The number of carbonyl (C=O) groups excluding carboxylic acids is 2. The van der Waals surface area contributed by atoms with Crippen LogP contribution >= 0.6 is 0 Å². The van der Waals surface area contributed by atoms with Crippen molar-refractivity contribution in [2.75, 3.05) is 19.8 Å². The van der Waals surface area contributed by atoms with Gasteiger partial charge in [-0.25, -0.2) is 0 Å². The van der Waals surface area contributed by atoms with Crippen LogP contribution in [0, 0.1) is 0 Å². The van der Waals surface area contributed by atoms with E-state index >= 15 is 0 Å². The summed E-state index contributed by atoms with van der Waals surface area (Å²) >= 11 is 0. The molecular weight excluding hydrogens is 859 g/mol. The zero-order valence-electron chi connectivity index (χ0n) is 44.1. The number of unbranched alkanes of at least 4 members (excludes halogenated alkanes) is 36. The minimum Gasteiger partial charge on any atom is -0.466 e. The van der Waals surface area contributed by atoms with E-state index in [4.69, 9.17) is 14.2 Å². The number of amides is 1. The number of rotatable bonds is 50. The predicted octanol–water partition coefficient (Wildman–Crippen LogP) is 12.8. The van der Waals surface area contributed by atoms with Gasteiger partial charge in [-0.05, 0) is 32.1 Å². The van der Waals surface area contributed by atoms with Gasteiger partial charge in [-0.1, -0.05) is 244 Å². The van der Waals surface area contributed by atoms with Gasteiger partial charge in [-0.15, -0.1) is 0 Å². The highest BCUT2D eigenvalue weighted by Crippen LogP contribution is 2.23. The molecule has 7 atom stereocenters. The molecule has 0 bridgehead atoms. The van der Waals surface area contributed by atoms with Crippen molar-refractivity contribution in [1.29, 1.82) is 0 Å². The molecule has 0 spiro atoms. The topological polar surface area (TPSA) is 175 Å². The standard InChI is InChI=1S/C57H109NO10/c1-3-5-7-9-11-13-24-29-33-37-41-45-53(62)66-46-42-38-34-30-26-23-21-19-17-15-16-18-20-22-25-28-32-36-40-44-52(61)58-49(48-67-57-56(65)55(64)54(63)51(47-59)68-57)50(60)43-39-35-31-27-14-12-10-8-6-4-2/h39,43,49-51,54-57,59-60,63-65H,3-38,40-42,44-48H2,1-2H3,(H,58,61)/b43-39+. The number of hydrogen-bond acceptors (Lipinski definition) is 10. The van der Waals surface area contributed by atoms with Crippen LogP contribution in [0.2, 0.25) is 0 Å². The number of aliphatic hydroxyl groups is 5. The van der Waals surface area contributed by atoms with Gasteiger partial charge in [0.15, 0.2) is 6.29 Å². The maximum absolute atomic E-state index is 13.0. The van der Waals surface area contributed by atoms with Crippen molar-refractivity contribution >= 4 is 11.9 Å². The maximum Gasteiger partial charge on any atom is 0.305 e. The van der Waals surface area contributed by atoms with Crippen LogP contribution < -0.4 is 5.32 Å². The molecule has 1 rings (SSSR count). The molecule has 1 saturated heterocycles. The fraction of sp³-hybridized carbons (Fsp3) is 0.930. The number of aliphatic hydroxyl groups excluding tert-OH is 5. The first-order valence-corrected chi connectivity index (χ1v) is 29.0. The van der Waals surface area contributed by atoms with Crippen molar-refractivity contribution in [3.63, 3.8) is 0 Å². The summed E-state index contributed by atoms with van der Waals surface area (Å²) in [4.78, 5) is 25.0. The highest BCUT2D eigenvalue weighted by Gasteiger charge is 2.44. The Hall–Kier alpha value is -1.60. The number of esters is 1. The van der Waals surface area contributed by atoms with Crippen molar-refractivity contribution < 1.29 is 49.3 Å². The third-order valence-electron chi connectivity index (χ3n) is 13.9. The van der Waals surface area contributed by atoms with Crippen LogP contribution in [0.1, 0.15) is 277 Å². The molecule has 0 saturated carbocycles. The van der Waals surface area contributed by atoms with Gasteiger partial charge < -0.3 is 45.1 Å². The SMILES string of the molecule is CCCCCCCCCC/C=C/C(O)C(COC1OC(CO)C(O)C(O)C1O)NC(=O)CCCCCCCCCCCCCCCCCCCCCOC(=O)CCCCCCCCCCCCC. The van der Waals surface area contributed by atoms with E-state index < -0.39 is 49.5 Å². The van der Waals surface area contributed by atoms with Crippen LogP contribution in [0.15, 0.2) is 12.2 Å². The van der Waals surface area contributed by atoms with Crippen LogP contribution in [-0.4, -0.2) is 100 Å². The molecule has 0 aromatic carbocycles. The average molecular weight is 968 g/mol. The van der Waals surface area contributed by atoms with Gasteiger partial charge in [0.2, 0.25) is 5.91 Å². The summed E-state index contributed by atoms with van der Waals surface area (Å²) < 4.78 is 16.7. The van der Waals surface area contributed by atoms with E-state index in [0.717, 1.165) is 64.2 Å². The molecule has 1 fully saturated rings. The second-order valence-electron chi connectivity index (χ2n) is 20.4. The number of carbonyl (C=O) groups is 2. The Morgan fingerprint density at radius 2 is 0.926 bits per heavy atom. The Labute approximate surface area is 417 Å². The highest BCUT2D eigenvalue weighted by atomic mass is 16.7. The second-order valence-corrected chi connectivity index (χ2v) is 20.4. The molecule has 11 heteroatoms. The van der Waals surface area contributed by atoms with Gasteiger partial charge in [-0.2, -0.15) is 0 Å². The summed E-state index contributed by atoms with van der Waals surface area (Å²) in [5.41, 5.74) is 0. The lowest BCUT2D eigenvalue weighted by molar-refractivity contribution is -0.302. The number of hydrogen-bond donors (Lipinski definition) is 6. The van der Waals surface area contributed by atoms with Gasteiger partial charge >= 0.3 is 5.97 Å². The molecule has 1 aliphatic heterocycles. The monoisotopic (exact) mass is 968 g/mol. The number of nitrogens with one attached hydrogen (secondary N) is 1. The molecule has 402 valence electrons. The summed E-state index contributed by atoms with van der Waals surface area (Å²) in [5, 5.41) is 54.2. The first-order chi connectivity index (χ1) is 33.2. The number of ether oxygens (including phenoxy) is 3. The van der Waals surface area contributed by atoms with Gasteiger partial charge in [0, 0.05) is 12.8 Å². The quantitative estimate of drug-likeness (QED) is 0.0196. The Bertz CT molecular complexity index is 1140. The zero-order chi connectivity index (χ0) is 49.6. The van der Waals surface area contributed by atoms with Gasteiger partial charge in [0.1, 0.15) is 24.4 Å². The Kier molecular flexibility index (Phi) is 45.2. The first kappa shape index (κ1) is 64.4. The van der Waals surface area contributed by atoms with Crippen molar-refractivity contribution in [2.45, 2.75) is 320 Å². The summed E-state index contributed by atoms with van der Waals surface area (Å²) in [5.74, 6) is -0.191. The van der Waals surface area contributed by atoms with E-state index in [1.807, 2.05) is 6.08 Å². The van der Waals surface area contributed by atoms with Crippen molar-refractivity contribution in [1.82, 2.24) is 5.32 Å². The zero-order valence-corrected chi connectivity index (χ0v) is 44.1. The molecule has 7 unspecified atom stereocenters. The van der Waals surface area contributed by atoms with Gasteiger partial charge in [0.25, 0.3) is 0 Å². The molecular formula is C57H109NO10. The van der Waals surface area contributed by atoms with E-state index in [1.165, 1.54) is 186 Å². The molecule has 1 amide bonds. The molecule has 1 heterocycles. The largest absolute Gasteiger partial charge is 0.466 e. The molecule has 0 aliphatic carbocycles. The lowest BCUT2D eigenvalue weighted by Gasteiger charge is -2.40. The third kappa shape index (κ3) is 37.2. The predicted molar refractivity (Wildman–Crippen MR) is 278 cm³/mol. The van der Waals surface area contributed by atoms with Crippen LogP contribution in [0.5, 0.6) is 0 Å². The van der Waals surface area contributed by atoms with E-state index in [2.05, 4.69) is 19.2 Å². The van der Waals surface area contributed by atoms with Crippen LogP contribution in [0.3, 0.4) is 0 Å². The summed E-state index contributed by atoms with van der Waals surface area (Å²) in [6, 6.07) is -0.810. The van der Waals surface area contributed by atoms with Crippen LogP contribution in [0.4, 0.5) is 0 Å². The summed E-state index contributed by atoms with van der Waals surface area (Å²) in [7, 11) is 0. The maximum atomic E-state index is 13.0. The Morgan fingerprint density at radius 1 is 0.529 bits per heavy atom.